The van der Waals surface area contributed by atoms with E-state index in [-0.39, 0.29) is 22.3 Å². The Bertz CT molecular complexity index is 1300. The number of aliphatic carboxylic acids is 1. The van der Waals surface area contributed by atoms with E-state index in [1.54, 1.807) is 24.4 Å². The Morgan fingerprint density at radius 3 is 2.68 bits per heavy atom. The van der Waals surface area contributed by atoms with Crippen LogP contribution in [0.15, 0.2) is 55.0 Å². The summed E-state index contributed by atoms with van der Waals surface area (Å²) in [5, 5.41) is 13.6. The van der Waals surface area contributed by atoms with Gasteiger partial charge >= 0.3 is 5.97 Å². The van der Waals surface area contributed by atoms with Crippen molar-refractivity contribution in [2.45, 2.75) is 69.7 Å². The molecule has 2 N–H and O–H groups in total. The van der Waals surface area contributed by atoms with E-state index >= 15 is 0 Å². The summed E-state index contributed by atoms with van der Waals surface area (Å²) < 4.78 is 20.5. The normalized spacial score (nSPS) is 18.3. The molecule has 0 spiro atoms. The van der Waals surface area contributed by atoms with Gasteiger partial charge < -0.3 is 20.1 Å². The van der Waals surface area contributed by atoms with Gasteiger partial charge in [-0.25, -0.2) is 9.37 Å². The number of fused-ring (bicyclic) bond motifs is 1. The Balaban J connectivity index is 1.06. The van der Waals surface area contributed by atoms with Crippen molar-refractivity contribution in [3.63, 3.8) is 0 Å². The fourth-order valence-electron chi connectivity index (χ4n) is 6.17. The topological polar surface area (TPSA) is 87.6 Å². The number of halogens is 2. The SMILES string of the molecule is O=C(O)[C@H](c1cc(Oc2cccnc2)cc(F)c1Cl)C1CCN(CCCCCC[C@@H]2CCc3cccnc3N2)CC1. The Morgan fingerprint density at radius 2 is 1.90 bits per heavy atom. The number of rotatable bonds is 12. The van der Waals surface area contributed by atoms with E-state index in [1.807, 2.05) is 12.3 Å². The molecule has 0 bridgehead atoms. The zero-order chi connectivity index (χ0) is 28.6. The maximum Gasteiger partial charge on any atom is 0.311 e. The van der Waals surface area contributed by atoms with Crippen LogP contribution in [0.4, 0.5) is 10.2 Å². The average molecular weight is 581 g/mol. The fourth-order valence-corrected chi connectivity index (χ4v) is 6.40. The van der Waals surface area contributed by atoms with Crippen LogP contribution >= 0.6 is 11.6 Å². The molecule has 0 unspecified atom stereocenters. The third kappa shape index (κ3) is 7.74. The van der Waals surface area contributed by atoms with Gasteiger partial charge in [0.15, 0.2) is 0 Å². The molecule has 2 aliphatic heterocycles. The van der Waals surface area contributed by atoms with Gasteiger partial charge in [-0.15, -0.1) is 0 Å². The van der Waals surface area contributed by atoms with Crippen molar-refractivity contribution < 1.29 is 19.0 Å². The maximum absolute atomic E-state index is 14.8. The number of ether oxygens (including phenoxy) is 1. The van der Waals surface area contributed by atoms with E-state index in [2.05, 4.69) is 26.3 Å². The number of nitrogens with zero attached hydrogens (tertiary/aromatic N) is 3. The number of aromatic nitrogens is 2. The van der Waals surface area contributed by atoms with Crippen molar-refractivity contribution in [3.05, 3.63) is 77.0 Å². The number of hydrogen-bond donors (Lipinski definition) is 2. The lowest BCUT2D eigenvalue weighted by Gasteiger charge is -2.35. The fraction of sp³-hybridized carbons (Fsp3) is 0.469. The third-order valence-electron chi connectivity index (χ3n) is 8.38. The highest BCUT2D eigenvalue weighted by Crippen LogP contribution is 2.40. The molecule has 41 heavy (non-hydrogen) atoms. The zero-order valence-corrected chi connectivity index (χ0v) is 24.0. The summed E-state index contributed by atoms with van der Waals surface area (Å²) in [6, 6.07) is 10.8. The van der Waals surface area contributed by atoms with E-state index in [9.17, 15) is 14.3 Å². The molecule has 1 fully saturated rings. The minimum atomic E-state index is -0.991. The van der Waals surface area contributed by atoms with Crippen LogP contribution in [0.5, 0.6) is 11.5 Å². The van der Waals surface area contributed by atoms with Crippen LogP contribution in [0.25, 0.3) is 0 Å². The number of carbonyl (C=O) groups is 1. The first kappa shape index (κ1) is 29.3. The van der Waals surface area contributed by atoms with Crippen molar-refractivity contribution in [3.8, 4) is 11.5 Å². The van der Waals surface area contributed by atoms with Gasteiger partial charge in [0.2, 0.25) is 0 Å². The van der Waals surface area contributed by atoms with Crippen LogP contribution in [0.3, 0.4) is 0 Å². The molecular weight excluding hydrogens is 543 g/mol. The van der Waals surface area contributed by atoms with Crippen molar-refractivity contribution >= 4 is 23.4 Å². The number of anilines is 1. The monoisotopic (exact) mass is 580 g/mol. The van der Waals surface area contributed by atoms with Crippen LogP contribution in [0.2, 0.25) is 5.02 Å². The van der Waals surface area contributed by atoms with Crippen molar-refractivity contribution in [1.29, 1.82) is 0 Å². The van der Waals surface area contributed by atoms with Crippen LogP contribution in [-0.4, -0.2) is 51.6 Å². The number of aryl methyl sites for hydroxylation is 1. The summed E-state index contributed by atoms with van der Waals surface area (Å²) in [4.78, 5) is 23.3. The molecule has 0 amide bonds. The van der Waals surface area contributed by atoms with Crippen LogP contribution in [0, 0.1) is 11.7 Å². The van der Waals surface area contributed by atoms with E-state index in [4.69, 9.17) is 16.3 Å². The smallest absolute Gasteiger partial charge is 0.311 e. The largest absolute Gasteiger partial charge is 0.481 e. The van der Waals surface area contributed by atoms with Crippen LogP contribution in [0.1, 0.15) is 68.4 Å². The Hall–Kier alpha value is -3.23. The van der Waals surface area contributed by atoms with Gasteiger partial charge in [0.05, 0.1) is 17.1 Å². The Morgan fingerprint density at radius 1 is 1.10 bits per heavy atom. The van der Waals surface area contributed by atoms with Crippen molar-refractivity contribution in [2.24, 2.45) is 5.92 Å². The number of unbranched alkanes of at least 4 members (excludes halogenated alkanes) is 3. The van der Waals surface area contributed by atoms with E-state index in [1.165, 1.54) is 49.9 Å². The highest BCUT2D eigenvalue weighted by molar-refractivity contribution is 6.31. The number of piperidine rings is 1. The second kappa shape index (κ2) is 14.1. The standard InChI is InChI=1S/C32H38ClFN4O3/c33-30-27(19-26(20-28(30)34)41-25-9-6-14-35-21-25)29(32(39)40)22-12-17-38(18-13-22)16-4-2-1-3-8-24-11-10-23-7-5-15-36-31(23)37-24/h5-7,9,14-15,19-22,24,29H,1-4,8,10-13,16-18H2,(H,36,37)(H,39,40)/t24-,29+/m1/s1. The molecule has 9 heteroatoms. The molecule has 0 saturated carbocycles. The Labute approximate surface area is 246 Å². The predicted octanol–water partition coefficient (Wildman–Crippen LogP) is 7.32. The molecule has 218 valence electrons. The van der Waals surface area contributed by atoms with E-state index in [0.29, 0.717) is 11.8 Å². The highest BCUT2D eigenvalue weighted by Gasteiger charge is 2.35. The molecule has 4 heterocycles. The van der Waals surface area contributed by atoms with Crippen molar-refractivity contribution in [2.75, 3.05) is 25.0 Å². The number of hydrogen-bond acceptors (Lipinski definition) is 6. The van der Waals surface area contributed by atoms with E-state index in [0.717, 1.165) is 51.1 Å². The van der Waals surface area contributed by atoms with Gasteiger partial charge in [-0.2, -0.15) is 0 Å². The predicted molar refractivity (Wildman–Crippen MR) is 158 cm³/mol. The minimum absolute atomic E-state index is 0.128. The van der Waals surface area contributed by atoms with Gasteiger partial charge in [0.25, 0.3) is 0 Å². The summed E-state index contributed by atoms with van der Waals surface area (Å²) >= 11 is 6.31. The lowest BCUT2D eigenvalue weighted by Crippen LogP contribution is -2.37. The number of benzene rings is 1. The molecule has 5 rings (SSSR count). The second-order valence-corrected chi connectivity index (χ2v) is 11.6. The highest BCUT2D eigenvalue weighted by atomic mass is 35.5. The summed E-state index contributed by atoms with van der Waals surface area (Å²) in [5.74, 6) is -1.00. The van der Waals surface area contributed by atoms with Crippen molar-refractivity contribution in [1.82, 2.24) is 14.9 Å². The molecule has 1 aromatic carbocycles. The molecule has 2 atom stereocenters. The third-order valence-corrected chi connectivity index (χ3v) is 8.77. The maximum atomic E-state index is 14.8. The average Bonchev–Trinajstić information content (AvgIpc) is 2.98. The zero-order valence-electron chi connectivity index (χ0n) is 23.3. The summed E-state index contributed by atoms with van der Waals surface area (Å²) in [7, 11) is 0. The molecule has 0 radical (unpaired) electrons. The van der Waals surface area contributed by atoms with Crippen LogP contribution < -0.4 is 10.1 Å². The number of carboxylic acid groups (broad SMARTS) is 1. The van der Waals surface area contributed by atoms with Gasteiger partial charge in [-0.05, 0) is 99.5 Å². The quantitative estimate of drug-likeness (QED) is 0.217. The summed E-state index contributed by atoms with van der Waals surface area (Å²) in [5.41, 5.74) is 1.59. The van der Waals surface area contributed by atoms with Crippen LogP contribution in [-0.2, 0) is 11.2 Å². The first-order valence-corrected chi connectivity index (χ1v) is 15.1. The molecule has 2 aromatic heterocycles. The number of likely N-dealkylation sites (tertiary alicyclic amines) is 1. The second-order valence-electron chi connectivity index (χ2n) is 11.2. The van der Waals surface area contributed by atoms with Gasteiger partial charge in [0, 0.05) is 24.5 Å². The minimum Gasteiger partial charge on any atom is -0.481 e. The van der Waals surface area contributed by atoms with Gasteiger partial charge in [0.1, 0.15) is 23.1 Å². The first-order valence-electron chi connectivity index (χ1n) is 14.7. The molecule has 3 aromatic rings. The lowest BCUT2D eigenvalue weighted by molar-refractivity contribution is -0.140. The number of carboxylic acids is 1. The molecule has 2 aliphatic rings. The number of pyridine rings is 2. The summed E-state index contributed by atoms with van der Waals surface area (Å²) in [6.45, 7) is 2.69. The molecule has 7 nitrogen and oxygen atoms in total. The van der Waals surface area contributed by atoms with E-state index < -0.39 is 17.7 Å². The van der Waals surface area contributed by atoms with Gasteiger partial charge in [-0.1, -0.05) is 36.9 Å². The lowest BCUT2D eigenvalue weighted by atomic mass is 9.80. The number of nitrogens with one attached hydrogen (secondary N) is 1. The molecule has 0 aliphatic carbocycles. The van der Waals surface area contributed by atoms with Gasteiger partial charge in [-0.3, -0.25) is 9.78 Å². The Kier molecular flexibility index (Phi) is 10.1. The summed E-state index contributed by atoms with van der Waals surface area (Å²) in [6.07, 6.45) is 14.6. The molecular formula is C32H38ClFN4O3. The molecule has 1 saturated heterocycles. The first-order chi connectivity index (χ1) is 20.0.